The molecule has 0 aromatic heterocycles. The Balaban J connectivity index is 2.18. The summed E-state index contributed by atoms with van der Waals surface area (Å²) in [4.78, 5) is 22.2. The number of hydrogen-bond donors (Lipinski definition) is 3. The number of hydrogen-bond acceptors (Lipinski definition) is 5. The number of anilines is 1. The maximum atomic E-state index is 14.0. The lowest BCUT2D eigenvalue weighted by Gasteiger charge is -2.10. The fourth-order valence-corrected chi connectivity index (χ4v) is 3.07. The summed E-state index contributed by atoms with van der Waals surface area (Å²) in [6, 6.07) is 4.94. The summed E-state index contributed by atoms with van der Waals surface area (Å²) in [5.74, 6) is -4.46. The van der Waals surface area contributed by atoms with Gasteiger partial charge in [-0.2, -0.15) is 0 Å². The largest absolute Gasteiger partial charge is 0.448 e. The molecule has 8 nitrogen and oxygen atoms in total. The first-order valence-electron chi connectivity index (χ1n) is 7.58. The zero-order valence-corrected chi connectivity index (χ0v) is 14.9. The van der Waals surface area contributed by atoms with E-state index in [2.05, 4.69) is 14.8 Å². The lowest BCUT2D eigenvalue weighted by molar-refractivity contribution is 0.102. The highest BCUT2D eigenvalue weighted by molar-refractivity contribution is 7.89. The number of halogens is 3. The standard InChI is InChI=1S/C16H14F3N3O5S/c17-12-4-2-10(28(25,26)21-5-6-27-16(20)24)8-11(12)15(23)22-9-1-3-13(18)14(19)7-9/h1-4,7-8,21H,5-6H2,(H2,20,24)(H,22,23). The lowest BCUT2D eigenvalue weighted by atomic mass is 10.2. The van der Waals surface area contributed by atoms with Crippen molar-refractivity contribution >= 4 is 27.7 Å². The number of sulfonamides is 1. The Bertz CT molecular complexity index is 1010. The summed E-state index contributed by atoms with van der Waals surface area (Å²) >= 11 is 0. The van der Waals surface area contributed by atoms with E-state index in [4.69, 9.17) is 5.73 Å². The van der Waals surface area contributed by atoms with Gasteiger partial charge in [-0.05, 0) is 30.3 Å². The third-order valence-electron chi connectivity index (χ3n) is 3.31. The molecule has 0 aliphatic rings. The van der Waals surface area contributed by atoms with Crippen LogP contribution in [-0.4, -0.2) is 33.6 Å². The predicted molar refractivity (Wildman–Crippen MR) is 91.4 cm³/mol. The molecule has 2 amide bonds. The summed E-state index contributed by atoms with van der Waals surface area (Å²) < 4.78 is 70.9. The molecular formula is C16H14F3N3O5S. The van der Waals surface area contributed by atoms with Crippen molar-refractivity contribution in [3.8, 4) is 0 Å². The number of nitrogens with two attached hydrogens (primary N) is 1. The molecule has 0 heterocycles. The third-order valence-corrected chi connectivity index (χ3v) is 4.77. The molecule has 0 unspecified atom stereocenters. The first kappa shape index (κ1) is 21.2. The molecule has 0 fully saturated rings. The van der Waals surface area contributed by atoms with Gasteiger partial charge in [-0.15, -0.1) is 0 Å². The molecule has 0 spiro atoms. The molecule has 2 aromatic carbocycles. The highest BCUT2D eigenvalue weighted by atomic mass is 32.2. The van der Waals surface area contributed by atoms with E-state index >= 15 is 0 Å². The van der Waals surface area contributed by atoms with E-state index in [1.807, 2.05) is 0 Å². The average Bonchev–Trinajstić information content (AvgIpc) is 2.62. The summed E-state index contributed by atoms with van der Waals surface area (Å²) in [5.41, 5.74) is 3.94. The second-order valence-corrected chi connectivity index (χ2v) is 7.06. The summed E-state index contributed by atoms with van der Waals surface area (Å²) in [6.45, 7) is -0.641. The molecule has 0 atom stereocenters. The molecular weight excluding hydrogens is 403 g/mol. The van der Waals surface area contributed by atoms with Crippen LogP contribution >= 0.6 is 0 Å². The van der Waals surface area contributed by atoms with Gasteiger partial charge in [0, 0.05) is 18.3 Å². The number of primary amides is 1. The zero-order chi connectivity index (χ0) is 20.9. The second kappa shape index (κ2) is 8.71. The minimum absolute atomic E-state index is 0.154. The van der Waals surface area contributed by atoms with Crippen molar-refractivity contribution in [3.05, 3.63) is 59.4 Å². The Morgan fingerprint density at radius 3 is 2.32 bits per heavy atom. The van der Waals surface area contributed by atoms with E-state index in [-0.39, 0.29) is 18.8 Å². The predicted octanol–water partition coefficient (Wildman–Crippen LogP) is 1.73. The van der Waals surface area contributed by atoms with Gasteiger partial charge in [-0.1, -0.05) is 0 Å². The first-order valence-corrected chi connectivity index (χ1v) is 9.06. The third kappa shape index (κ3) is 5.44. The van der Waals surface area contributed by atoms with Crippen molar-refractivity contribution < 1.29 is 35.9 Å². The Labute approximate surface area is 157 Å². The van der Waals surface area contributed by atoms with Crippen LogP contribution in [0.4, 0.5) is 23.7 Å². The topological polar surface area (TPSA) is 128 Å². The van der Waals surface area contributed by atoms with Crippen LogP contribution in [0.2, 0.25) is 0 Å². The Morgan fingerprint density at radius 1 is 1.00 bits per heavy atom. The van der Waals surface area contributed by atoms with Crippen LogP contribution in [0.25, 0.3) is 0 Å². The number of rotatable bonds is 7. The van der Waals surface area contributed by atoms with Crippen molar-refractivity contribution in [1.29, 1.82) is 0 Å². The van der Waals surface area contributed by atoms with Crippen molar-refractivity contribution in [1.82, 2.24) is 4.72 Å². The fourth-order valence-electron chi connectivity index (χ4n) is 2.03. The number of ether oxygens (including phenoxy) is 1. The summed E-state index contributed by atoms with van der Waals surface area (Å²) in [6.07, 6.45) is -1.09. The number of nitrogens with one attached hydrogen (secondary N) is 2. The van der Waals surface area contributed by atoms with E-state index in [1.165, 1.54) is 0 Å². The second-order valence-electron chi connectivity index (χ2n) is 5.29. The normalized spacial score (nSPS) is 11.1. The number of benzene rings is 2. The van der Waals surface area contributed by atoms with Crippen LogP contribution in [-0.2, 0) is 14.8 Å². The maximum absolute atomic E-state index is 14.0. The molecule has 28 heavy (non-hydrogen) atoms. The maximum Gasteiger partial charge on any atom is 0.404 e. The van der Waals surface area contributed by atoms with E-state index in [1.54, 1.807) is 0 Å². The van der Waals surface area contributed by atoms with Gasteiger partial charge in [0.2, 0.25) is 10.0 Å². The SMILES string of the molecule is NC(=O)OCCNS(=O)(=O)c1ccc(F)c(C(=O)Nc2ccc(F)c(F)c2)c1. The highest BCUT2D eigenvalue weighted by Gasteiger charge is 2.20. The smallest absolute Gasteiger partial charge is 0.404 e. The van der Waals surface area contributed by atoms with E-state index in [9.17, 15) is 31.2 Å². The van der Waals surface area contributed by atoms with Crippen LogP contribution in [0.1, 0.15) is 10.4 Å². The van der Waals surface area contributed by atoms with Gasteiger partial charge < -0.3 is 15.8 Å². The Hall–Kier alpha value is -3.12. The highest BCUT2D eigenvalue weighted by Crippen LogP contribution is 2.18. The molecule has 4 N–H and O–H groups in total. The fraction of sp³-hybridized carbons (Fsp3) is 0.125. The van der Waals surface area contributed by atoms with Crippen LogP contribution in [0.5, 0.6) is 0 Å². The van der Waals surface area contributed by atoms with Gasteiger partial charge >= 0.3 is 6.09 Å². The van der Waals surface area contributed by atoms with Gasteiger partial charge in [-0.3, -0.25) is 4.79 Å². The van der Waals surface area contributed by atoms with Crippen molar-refractivity contribution in [2.24, 2.45) is 5.73 Å². The van der Waals surface area contributed by atoms with Crippen molar-refractivity contribution in [3.63, 3.8) is 0 Å². The first-order chi connectivity index (χ1) is 13.1. The summed E-state index contributed by atoms with van der Waals surface area (Å²) in [5, 5.41) is 2.14. The monoisotopic (exact) mass is 417 g/mol. The molecule has 2 aromatic rings. The molecule has 0 saturated carbocycles. The van der Waals surface area contributed by atoms with Crippen molar-refractivity contribution in [2.75, 3.05) is 18.5 Å². The summed E-state index contributed by atoms with van der Waals surface area (Å²) in [7, 11) is -4.15. The molecule has 2 rings (SSSR count). The van der Waals surface area contributed by atoms with E-state index in [0.29, 0.717) is 6.07 Å². The Kier molecular flexibility index (Phi) is 6.59. The van der Waals surface area contributed by atoms with Crippen molar-refractivity contribution in [2.45, 2.75) is 4.90 Å². The number of carbonyl (C=O) groups excluding carboxylic acids is 2. The molecule has 0 aliphatic carbocycles. The minimum Gasteiger partial charge on any atom is -0.448 e. The van der Waals surface area contributed by atoms with Gasteiger partial charge in [0.25, 0.3) is 5.91 Å². The van der Waals surface area contributed by atoms with Gasteiger partial charge in [0.05, 0.1) is 10.5 Å². The molecule has 0 radical (unpaired) electrons. The van der Waals surface area contributed by atoms with E-state index in [0.717, 1.165) is 30.3 Å². The van der Waals surface area contributed by atoms with Gasteiger partial charge in [0.1, 0.15) is 12.4 Å². The van der Waals surface area contributed by atoms with Crippen LogP contribution < -0.4 is 15.8 Å². The molecule has 0 bridgehead atoms. The van der Waals surface area contributed by atoms with Crippen LogP contribution in [0, 0.1) is 17.5 Å². The van der Waals surface area contributed by atoms with Crippen LogP contribution in [0.15, 0.2) is 41.3 Å². The van der Waals surface area contributed by atoms with Gasteiger partial charge in [0.15, 0.2) is 11.6 Å². The lowest BCUT2D eigenvalue weighted by Crippen LogP contribution is -2.29. The quantitative estimate of drug-likeness (QED) is 0.591. The number of amides is 2. The molecule has 150 valence electrons. The van der Waals surface area contributed by atoms with E-state index < -0.39 is 49.9 Å². The zero-order valence-electron chi connectivity index (χ0n) is 14.0. The minimum atomic E-state index is -4.15. The number of carbonyl (C=O) groups is 2. The van der Waals surface area contributed by atoms with Gasteiger partial charge in [-0.25, -0.2) is 31.1 Å². The Morgan fingerprint density at radius 2 is 1.68 bits per heavy atom. The molecule has 0 saturated heterocycles. The molecule has 12 heteroatoms. The average molecular weight is 417 g/mol. The van der Waals surface area contributed by atoms with Crippen LogP contribution in [0.3, 0.4) is 0 Å². The molecule has 0 aliphatic heterocycles.